The number of benzene rings is 3. The van der Waals surface area contributed by atoms with Crippen molar-refractivity contribution < 1.29 is 4.43 Å². The highest BCUT2D eigenvalue weighted by Crippen LogP contribution is 2.41. The summed E-state index contributed by atoms with van der Waals surface area (Å²) in [6.45, 7) is 11.5. The van der Waals surface area contributed by atoms with Crippen LogP contribution in [-0.4, -0.2) is 13.3 Å². The zero-order valence-electron chi connectivity index (χ0n) is 19.2. The molecule has 4 rings (SSSR count). The molecule has 1 atom stereocenters. The summed E-state index contributed by atoms with van der Waals surface area (Å²) in [5.41, 5.74) is 2.32. The number of fused-ring (bicyclic) bond motifs is 1. The quantitative estimate of drug-likeness (QED) is 0.352. The largest absolute Gasteiger partial charge is 0.399 e. The lowest BCUT2D eigenvalue weighted by Crippen LogP contribution is -2.67. The van der Waals surface area contributed by atoms with E-state index in [1.54, 1.807) is 0 Å². The van der Waals surface area contributed by atoms with Crippen LogP contribution >= 0.6 is 0 Å². The van der Waals surface area contributed by atoms with Crippen LogP contribution < -0.4 is 10.4 Å². The topological polar surface area (TPSA) is 25.0 Å². The third-order valence-electron chi connectivity index (χ3n) is 6.18. The maximum absolute atomic E-state index is 7.46. The van der Waals surface area contributed by atoms with E-state index in [2.05, 4.69) is 131 Å². The molecule has 1 heterocycles. The monoisotopic (exact) mass is 427 g/mol. The summed E-state index contributed by atoms with van der Waals surface area (Å²) in [7, 11) is -2.63. The molecule has 2 nitrogen and oxygen atoms in total. The molecular weight excluding hydrogens is 394 g/mol. The smallest absolute Gasteiger partial charge is 0.261 e. The van der Waals surface area contributed by atoms with Crippen LogP contribution in [0, 0.1) is 5.92 Å². The van der Waals surface area contributed by atoms with E-state index in [0.29, 0.717) is 5.92 Å². The van der Waals surface area contributed by atoms with Gasteiger partial charge in [0.2, 0.25) is 0 Å². The number of aromatic amines is 1. The predicted octanol–water partition coefficient (Wildman–Crippen LogP) is 6.44. The molecule has 0 saturated carbocycles. The van der Waals surface area contributed by atoms with E-state index < -0.39 is 8.32 Å². The van der Waals surface area contributed by atoms with Gasteiger partial charge in [-0.3, -0.25) is 0 Å². The average molecular weight is 428 g/mol. The number of aromatic nitrogens is 1. The summed E-state index contributed by atoms with van der Waals surface area (Å²) in [5, 5.41) is 3.81. The lowest BCUT2D eigenvalue weighted by molar-refractivity contribution is 0.137. The van der Waals surface area contributed by atoms with Crippen LogP contribution in [0.4, 0.5) is 0 Å². The number of hydrogen-bond donors (Lipinski definition) is 1. The van der Waals surface area contributed by atoms with Crippen molar-refractivity contribution in [3.05, 3.63) is 96.7 Å². The predicted molar refractivity (Wildman–Crippen MR) is 135 cm³/mol. The Hall–Kier alpha value is -2.62. The van der Waals surface area contributed by atoms with Gasteiger partial charge in [-0.2, -0.15) is 0 Å². The molecule has 3 aromatic carbocycles. The van der Waals surface area contributed by atoms with E-state index in [1.165, 1.54) is 15.8 Å². The van der Waals surface area contributed by atoms with E-state index in [1.807, 2.05) is 0 Å². The summed E-state index contributed by atoms with van der Waals surface area (Å²) >= 11 is 0. The van der Waals surface area contributed by atoms with E-state index in [0.717, 1.165) is 11.2 Å². The minimum Gasteiger partial charge on any atom is -0.399 e. The molecule has 4 aromatic rings. The molecule has 1 N–H and O–H groups in total. The Labute approximate surface area is 187 Å². The van der Waals surface area contributed by atoms with Crippen LogP contribution in [0.15, 0.2) is 91.0 Å². The first-order chi connectivity index (χ1) is 14.8. The minimum atomic E-state index is -2.63. The van der Waals surface area contributed by atoms with E-state index in [4.69, 9.17) is 4.43 Å². The average Bonchev–Trinajstić information content (AvgIpc) is 3.18. The van der Waals surface area contributed by atoms with Crippen LogP contribution in [-0.2, 0) is 4.43 Å². The fourth-order valence-electron chi connectivity index (χ4n) is 4.69. The highest BCUT2D eigenvalue weighted by Gasteiger charge is 2.52. The Bertz CT molecular complexity index is 1050. The van der Waals surface area contributed by atoms with Crippen molar-refractivity contribution in [1.29, 1.82) is 0 Å². The van der Waals surface area contributed by atoms with Gasteiger partial charge < -0.3 is 9.41 Å². The molecule has 0 aliphatic rings. The standard InChI is InChI=1S/C28H33NOSi/c1-21(2)27(26-20-22-14-12-13-19-25(22)29-26)30-31(28(3,4)5,23-15-8-6-9-16-23)24-17-10-7-11-18-24/h6-21,27,29H,1-5H3/t27-/m0/s1. The molecule has 0 amide bonds. The van der Waals surface area contributed by atoms with Crippen molar-refractivity contribution in [2.45, 2.75) is 45.8 Å². The first-order valence-electron chi connectivity index (χ1n) is 11.2. The third kappa shape index (κ3) is 4.00. The van der Waals surface area contributed by atoms with Gasteiger partial charge in [0.25, 0.3) is 8.32 Å². The molecule has 0 fully saturated rings. The van der Waals surface area contributed by atoms with Crippen molar-refractivity contribution in [1.82, 2.24) is 4.98 Å². The van der Waals surface area contributed by atoms with Crippen molar-refractivity contribution in [3.63, 3.8) is 0 Å². The van der Waals surface area contributed by atoms with Gasteiger partial charge in [-0.25, -0.2) is 0 Å². The summed E-state index contributed by atoms with van der Waals surface area (Å²) in [4.78, 5) is 3.65. The Kier molecular flexibility index (Phi) is 5.91. The van der Waals surface area contributed by atoms with Crippen molar-refractivity contribution in [3.8, 4) is 0 Å². The summed E-state index contributed by atoms with van der Waals surface area (Å²) in [6, 6.07) is 32.5. The molecule has 0 bridgehead atoms. The van der Waals surface area contributed by atoms with Crippen LogP contribution in [0.25, 0.3) is 10.9 Å². The van der Waals surface area contributed by atoms with Gasteiger partial charge in [-0.05, 0) is 38.8 Å². The Morgan fingerprint density at radius 2 is 1.26 bits per heavy atom. The van der Waals surface area contributed by atoms with Gasteiger partial charge in [-0.1, -0.05) is 113 Å². The van der Waals surface area contributed by atoms with Gasteiger partial charge >= 0.3 is 0 Å². The molecule has 0 aliphatic heterocycles. The molecule has 3 heteroatoms. The van der Waals surface area contributed by atoms with Gasteiger partial charge in [-0.15, -0.1) is 0 Å². The third-order valence-corrected chi connectivity index (χ3v) is 11.2. The molecule has 0 unspecified atom stereocenters. The van der Waals surface area contributed by atoms with Gasteiger partial charge in [0.1, 0.15) is 0 Å². The van der Waals surface area contributed by atoms with Crippen molar-refractivity contribution >= 4 is 29.6 Å². The lowest BCUT2D eigenvalue weighted by atomic mass is 10.0. The number of H-pyrrole nitrogens is 1. The fraction of sp³-hybridized carbons (Fsp3) is 0.286. The number of para-hydroxylation sites is 1. The highest BCUT2D eigenvalue weighted by atomic mass is 28.4. The first-order valence-corrected chi connectivity index (χ1v) is 13.1. The SMILES string of the molecule is CC(C)[C@H](O[Si](c1ccccc1)(c1ccccc1)C(C)(C)C)c1cc2ccccc2[nH]1. The van der Waals surface area contributed by atoms with Crippen LogP contribution in [0.5, 0.6) is 0 Å². The van der Waals surface area contributed by atoms with Gasteiger partial charge in [0.15, 0.2) is 0 Å². The number of rotatable bonds is 6. The van der Waals surface area contributed by atoms with E-state index in [-0.39, 0.29) is 11.1 Å². The van der Waals surface area contributed by atoms with E-state index >= 15 is 0 Å². The zero-order valence-corrected chi connectivity index (χ0v) is 20.2. The fourth-order valence-corrected chi connectivity index (χ4v) is 9.48. The second-order valence-corrected chi connectivity index (χ2v) is 14.0. The van der Waals surface area contributed by atoms with Gasteiger partial charge in [0, 0.05) is 11.2 Å². The highest BCUT2D eigenvalue weighted by molar-refractivity contribution is 6.99. The lowest BCUT2D eigenvalue weighted by Gasteiger charge is -2.45. The zero-order chi connectivity index (χ0) is 22.1. The normalized spacial score (nSPS) is 13.6. The molecule has 160 valence electrons. The number of nitrogens with one attached hydrogen (secondary N) is 1. The minimum absolute atomic E-state index is 0.0290. The second kappa shape index (κ2) is 8.49. The van der Waals surface area contributed by atoms with Crippen LogP contribution in [0.3, 0.4) is 0 Å². The Morgan fingerprint density at radius 3 is 1.74 bits per heavy atom. The number of hydrogen-bond acceptors (Lipinski definition) is 1. The molecule has 0 radical (unpaired) electrons. The maximum atomic E-state index is 7.46. The summed E-state index contributed by atoms with van der Waals surface area (Å²) in [6.07, 6.45) is -0.0290. The first kappa shape index (κ1) is 21.6. The van der Waals surface area contributed by atoms with Crippen LogP contribution in [0.1, 0.15) is 46.4 Å². The second-order valence-electron chi connectivity index (χ2n) is 9.76. The Balaban J connectivity index is 1.92. The molecular formula is C28H33NOSi. The summed E-state index contributed by atoms with van der Waals surface area (Å²) in [5.74, 6) is 0.328. The summed E-state index contributed by atoms with van der Waals surface area (Å²) < 4.78 is 7.46. The maximum Gasteiger partial charge on any atom is 0.261 e. The molecule has 0 saturated heterocycles. The Morgan fingerprint density at radius 1 is 0.742 bits per heavy atom. The van der Waals surface area contributed by atoms with Crippen LogP contribution in [0.2, 0.25) is 5.04 Å². The molecule has 31 heavy (non-hydrogen) atoms. The van der Waals surface area contributed by atoms with Crippen molar-refractivity contribution in [2.24, 2.45) is 5.92 Å². The molecule has 0 aliphatic carbocycles. The molecule has 0 spiro atoms. The molecule has 1 aromatic heterocycles. The van der Waals surface area contributed by atoms with Crippen molar-refractivity contribution in [2.75, 3.05) is 0 Å². The van der Waals surface area contributed by atoms with E-state index in [9.17, 15) is 0 Å². The van der Waals surface area contributed by atoms with Gasteiger partial charge in [0.05, 0.1) is 6.10 Å².